The van der Waals surface area contributed by atoms with E-state index >= 15 is 0 Å². The molecule has 118 valence electrons. The highest BCUT2D eigenvalue weighted by Gasteiger charge is 2.17. The minimum Gasteiger partial charge on any atom is -0.497 e. The summed E-state index contributed by atoms with van der Waals surface area (Å²) in [5.74, 6) is 0.690. The zero-order valence-corrected chi connectivity index (χ0v) is 13.6. The predicted octanol–water partition coefficient (Wildman–Crippen LogP) is 2.20. The highest BCUT2D eigenvalue weighted by atomic mass is 32.1. The number of aromatic nitrogens is 1. The van der Waals surface area contributed by atoms with Crippen molar-refractivity contribution >= 4 is 17.2 Å². The Bertz CT molecular complexity index is 610. The van der Waals surface area contributed by atoms with Gasteiger partial charge < -0.3 is 14.7 Å². The fraction of sp³-hybridized carbons (Fsp3) is 0.375. The summed E-state index contributed by atoms with van der Waals surface area (Å²) >= 11 is 1.48. The fourth-order valence-electron chi connectivity index (χ4n) is 2.09. The van der Waals surface area contributed by atoms with Crippen LogP contribution in [0, 0.1) is 0 Å². The quantitative estimate of drug-likeness (QED) is 0.849. The van der Waals surface area contributed by atoms with Crippen LogP contribution in [-0.2, 0) is 6.42 Å². The van der Waals surface area contributed by atoms with Crippen molar-refractivity contribution in [3.8, 4) is 5.75 Å². The van der Waals surface area contributed by atoms with E-state index in [-0.39, 0.29) is 12.5 Å². The smallest absolute Gasteiger partial charge is 0.273 e. The number of amides is 1. The molecule has 0 aliphatic heterocycles. The van der Waals surface area contributed by atoms with E-state index in [9.17, 15) is 4.79 Å². The molecule has 1 aromatic carbocycles. The molecular formula is C16H20N2O3S. The number of benzene rings is 1. The Balaban J connectivity index is 2.05. The van der Waals surface area contributed by atoms with Gasteiger partial charge in [-0.25, -0.2) is 4.98 Å². The molecule has 1 heterocycles. The first-order valence-electron chi connectivity index (χ1n) is 7.15. The lowest BCUT2D eigenvalue weighted by atomic mass is 10.1. The van der Waals surface area contributed by atoms with Crippen LogP contribution in [-0.4, -0.2) is 47.7 Å². The molecule has 1 aromatic heterocycles. The maximum Gasteiger partial charge on any atom is 0.273 e. The molecule has 6 heteroatoms. The molecule has 1 amide bonds. The van der Waals surface area contributed by atoms with Crippen LogP contribution in [0.1, 0.15) is 28.0 Å². The summed E-state index contributed by atoms with van der Waals surface area (Å²) in [6.07, 6.45) is 0.689. The normalized spacial score (nSPS) is 10.5. The zero-order valence-electron chi connectivity index (χ0n) is 12.8. The Morgan fingerprint density at radius 2 is 2.09 bits per heavy atom. The predicted molar refractivity (Wildman–Crippen MR) is 86.6 cm³/mol. The molecule has 0 bridgehead atoms. The van der Waals surface area contributed by atoms with Gasteiger partial charge in [-0.3, -0.25) is 4.79 Å². The Morgan fingerprint density at radius 1 is 1.36 bits per heavy atom. The second-order valence-electron chi connectivity index (χ2n) is 4.76. The van der Waals surface area contributed by atoms with Crippen LogP contribution in [0.4, 0.5) is 0 Å². The topological polar surface area (TPSA) is 62.7 Å². The summed E-state index contributed by atoms with van der Waals surface area (Å²) in [5.41, 5.74) is 1.57. The van der Waals surface area contributed by atoms with Crippen LogP contribution in [0.5, 0.6) is 5.75 Å². The summed E-state index contributed by atoms with van der Waals surface area (Å²) in [6.45, 7) is 2.74. The summed E-state index contributed by atoms with van der Waals surface area (Å²) in [5, 5.41) is 11.7. The van der Waals surface area contributed by atoms with Gasteiger partial charge in [0.1, 0.15) is 11.4 Å². The lowest BCUT2D eigenvalue weighted by molar-refractivity contribution is 0.0727. The molecule has 0 spiro atoms. The molecule has 0 radical (unpaired) electrons. The van der Waals surface area contributed by atoms with Gasteiger partial charge in [-0.1, -0.05) is 12.1 Å². The van der Waals surface area contributed by atoms with Gasteiger partial charge in [-0.05, 0) is 24.6 Å². The second-order valence-corrected chi connectivity index (χ2v) is 5.70. The molecule has 0 atom stereocenters. The Hall–Kier alpha value is -1.92. The first kappa shape index (κ1) is 16.5. The number of aliphatic hydroxyl groups is 1. The molecule has 0 saturated carbocycles. The number of hydrogen-bond acceptors (Lipinski definition) is 5. The number of methoxy groups -OCH3 is 1. The van der Waals surface area contributed by atoms with Crippen molar-refractivity contribution in [1.82, 2.24) is 9.88 Å². The third-order valence-corrected chi connectivity index (χ3v) is 4.17. The number of thiazole rings is 1. The Kier molecular flexibility index (Phi) is 5.91. The SMILES string of the molecule is CCN(CCO)C(=O)c1csc(Cc2ccc(OC)cc2)n1. The lowest BCUT2D eigenvalue weighted by Gasteiger charge is -2.18. The average Bonchev–Trinajstić information content (AvgIpc) is 3.01. The maximum atomic E-state index is 12.3. The van der Waals surface area contributed by atoms with E-state index in [0.29, 0.717) is 25.2 Å². The van der Waals surface area contributed by atoms with Crippen LogP contribution in [0.3, 0.4) is 0 Å². The van der Waals surface area contributed by atoms with Crippen molar-refractivity contribution in [3.05, 3.63) is 45.9 Å². The standard InChI is InChI=1S/C16H20N2O3S/c1-3-18(8-9-19)16(20)14-11-22-15(17-14)10-12-4-6-13(21-2)7-5-12/h4-7,11,19H,3,8-10H2,1-2H3. The maximum absolute atomic E-state index is 12.3. The van der Waals surface area contributed by atoms with Crippen molar-refractivity contribution in [3.63, 3.8) is 0 Å². The van der Waals surface area contributed by atoms with E-state index in [2.05, 4.69) is 4.98 Å². The number of hydrogen-bond donors (Lipinski definition) is 1. The largest absolute Gasteiger partial charge is 0.497 e. The Labute approximate surface area is 134 Å². The molecule has 2 aromatic rings. The van der Waals surface area contributed by atoms with E-state index < -0.39 is 0 Å². The molecule has 1 N–H and O–H groups in total. The molecule has 22 heavy (non-hydrogen) atoms. The second kappa shape index (κ2) is 7.91. The fourth-order valence-corrected chi connectivity index (χ4v) is 2.90. The van der Waals surface area contributed by atoms with Gasteiger partial charge in [0.15, 0.2) is 0 Å². The monoisotopic (exact) mass is 320 g/mol. The number of ether oxygens (including phenoxy) is 1. The molecule has 5 nitrogen and oxygen atoms in total. The van der Waals surface area contributed by atoms with E-state index in [4.69, 9.17) is 9.84 Å². The van der Waals surface area contributed by atoms with E-state index in [1.807, 2.05) is 31.2 Å². The molecule has 0 saturated heterocycles. The minimum atomic E-state index is -0.131. The van der Waals surface area contributed by atoms with Crippen LogP contribution in [0.2, 0.25) is 0 Å². The van der Waals surface area contributed by atoms with Gasteiger partial charge in [0.25, 0.3) is 5.91 Å². The highest BCUT2D eigenvalue weighted by molar-refractivity contribution is 7.09. The molecule has 0 fully saturated rings. The number of aliphatic hydroxyl groups excluding tert-OH is 1. The Morgan fingerprint density at radius 3 is 2.68 bits per heavy atom. The zero-order chi connectivity index (χ0) is 15.9. The summed E-state index contributed by atoms with van der Waals surface area (Å²) < 4.78 is 5.13. The first-order valence-corrected chi connectivity index (χ1v) is 8.03. The molecule has 0 unspecified atom stereocenters. The molecular weight excluding hydrogens is 300 g/mol. The van der Waals surface area contributed by atoms with Crippen LogP contribution >= 0.6 is 11.3 Å². The van der Waals surface area contributed by atoms with Crippen molar-refractivity contribution in [1.29, 1.82) is 0 Å². The average molecular weight is 320 g/mol. The van der Waals surface area contributed by atoms with Gasteiger partial charge in [0.05, 0.1) is 18.7 Å². The number of carbonyl (C=O) groups is 1. The highest BCUT2D eigenvalue weighted by Crippen LogP contribution is 2.18. The first-order chi connectivity index (χ1) is 10.7. The third-order valence-electron chi connectivity index (χ3n) is 3.32. The summed E-state index contributed by atoms with van der Waals surface area (Å²) in [7, 11) is 1.64. The van der Waals surface area contributed by atoms with E-state index in [0.717, 1.165) is 16.3 Å². The van der Waals surface area contributed by atoms with E-state index in [1.54, 1.807) is 17.4 Å². The lowest BCUT2D eigenvalue weighted by Crippen LogP contribution is -2.33. The summed E-state index contributed by atoms with van der Waals surface area (Å²) in [6, 6.07) is 7.81. The van der Waals surface area contributed by atoms with E-state index in [1.165, 1.54) is 11.3 Å². The molecule has 0 aliphatic carbocycles. The van der Waals surface area contributed by atoms with Gasteiger partial charge in [0, 0.05) is 24.9 Å². The van der Waals surface area contributed by atoms with Crippen molar-refractivity contribution in [2.45, 2.75) is 13.3 Å². The van der Waals surface area contributed by atoms with Crippen molar-refractivity contribution in [2.24, 2.45) is 0 Å². The van der Waals surface area contributed by atoms with Crippen LogP contribution in [0.25, 0.3) is 0 Å². The number of nitrogens with zero attached hydrogens (tertiary/aromatic N) is 2. The molecule has 0 aliphatic rings. The van der Waals surface area contributed by atoms with Crippen molar-refractivity contribution in [2.75, 3.05) is 26.8 Å². The van der Waals surface area contributed by atoms with Gasteiger partial charge >= 0.3 is 0 Å². The van der Waals surface area contributed by atoms with Crippen LogP contribution in [0.15, 0.2) is 29.6 Å². The van der Waals surface area contributed by atoms with Gasteiger partial charge in [-0.2, -0.15) is 0 Å². The number of carbonyl (C=O) groups excluding carboxylic acids is 1. The third kappa shape index (κ3) is 4.05. The van der Waals surface area contributed by atoms with Crippen LogP contribution < -0.4 is 4.74 Å². The molecule has 2 rings (SSSR count). The number of rotatable bonds is 7. The van der Waals surface area contributed by atoms with Crippen molar-refractivity contribution < 1.29 is 14.6 Å². The minimum absolute atomic E-state index is 0.0393. The number of likely N-dealkylation sites (N-methyl/N-ethyl adjacent to an activating group) is 1. The van der Waals surface area contributed by atoms with Gasteiger partial charge in [0.2, 0.25) is 0 Å². The summed E-state index contributed by atoms with van der Waals surface area (Å²) in [4.78, 5) is 18.3. The van der Waals surface area contributed by atoms with Gasteiger partial charge in [-0.15, -0.1) is 11.3 Å².